The van der Waals surface area contributed by atoms with Crippen LogP contribution < -0.4 is 10.1 Å². The van der Waals surface area contributed by atoms with E-state index in [0.717, 1.165) is 29.0 Å². The summed E-state index contributed by atoms with van der Waals surface area (Å²) in [5, 5.41) is 3.00. The number of nitrogens with one attached hydrogen (secondary N) is 1. The maximum Gasteiger partial charge on any atom is 0.247 e. The van der Waals surface area contributed by atoms with Crippen LogP contribution in [0.3, 0.4) is 0 Å². The zero-order valence-corrected chi connectivity index (χ0v) is 14.5. The number of carbonyl (C=O) groups excluding carboxylic acids is 2. The number of para-hydroxylation sites is 1. The SMILES string of the molecule is COc1ccc(-c2ccccc2NC(=O)[C@@H]2CCCN2C(C)=O)cc1. The molecule has 1 aliphatic rings. The van der Waals surface area contributed by atoms with Crippen LogP contribution in [0.15, 0.2) is 48.5 Å². The normalized spacial score (nSPS) is 16.6. The van der Waals surface area contributed by atoms with Gasteiger partial charge in [-0.3, -0.25) is 9.59 Å². The molecule has 1 aliphatic heterocycles. The monoisotopic (exact) mass is 338 g/mol. The molecule has 0 bridgehead atoms. The fourth-order valence-electron chi connectivity index (χ4n) is 3.25. The number of methoxy groups -OCH3 is 1. The maximum absolute atomic E-state index is 12.7. The summed E-state index contributed by atoms with van der Waals surface area (Å²) in [6, 6.07) is 15.0. The second-order valence-corrected chi connectivity index (χ2v) is 6.13. The van der Waals surface area contributed by atoms with Crippen LogP contribution in [0.5, 0.6) is 5.75 Å². The summed E-state index contributed by atoms with van der Waals surface area (Å²) in [6.07, 6.45) is 1.56. The third-order valence-electron chi connectivity index (χ3n) is 4.55. The van der Waals surface area contributed by atoms with Gasteiger partial charge in [0.25, 0.3) is 0 Å². The van der Waals surface area contributed by atoms with Crippen molar-refractivity contribution in [3.8, 4) is 16.9 Å². The van der Waals surface area contributed by atoms with Gasteiger partial charge in [0, 0.05) is 24.7 Å². The van der Waals surface area contributed by atoms with Crippen molar-refractivity contribution in [2.45, 2.75) is 25.8 Å². The lowest BCUT2D eigenvalue weighted by atomic mass is 10.0. The van der Waals surface area contributed by atoms with Crippen LogP contribution in [-0.4, -0.2) is 36.4 Å². The van der Waals surface area contributed by atoms with Crippen LogP contribution in [0.2, 0.25) is 0 Å². The largest absolute Gasteiger partial charge is 0.497 e. The lowest BCUT2D eigenvalue weighted by Crippen LogP contribution is -2.42. The third kappa shape index (κ3) is 3.65. The summed E-state index contributed by atoms with van der Waals surface area (Å²) in [7, 11) is 1.63. The Bertz CT molecular complexity index is 771. The number of nitrogens with zero attached hydrogens (tertiary/aromatic N) is 1. The Morgan fingerprint density at radius 3 is 2.52 bits per heavy atom. The zero-order valence-electron chi connectivity index (χ0n) is 14.5. The van der Waals surface area contributed by atoms with Gasteiger partial charge in [-0.25, -0.2) is 0 Å². The van der Waals surface area contributed by atoms with Crippen LogP contribution in [0.25, 0.3) is 11.1 Å². The standard InChI is InChI=1S/C20H22N2O3/c1-14(23)22-13-5-8-19(22)20(24)21-18-7-4-3-6-17(18)15-9-11-16(25-2)12-10-15/h3-4,6-7,9-12,19H,5,8,13H2,1-2H3,(H,21,24)/t19-/m0/s1. The molecule has 2 aromatic carbocycles. The van der Waals surface area contributed by atoms with E-state index in [2.05, 4.69) is 5.32 Å². The van der Waals surface area contributed by atoms with Gasteiger partial charge in [0.2, 0.25) is 11.8 Å². The lowest BCUT2D eigenvalue weighted by molar-refractivity contribution is -0.134. The second-order valence-electron chi connectivity index (χ2n) is 6.13. The Kier molecular flexibility index (Phi) is 5.03. The molecule has 1 atom stereocenters. The number of likely N-dealkylation sites (tertiary alicyclic amines) is 1. The van der Waals surface area contributed by atoms with Crippen molar-refractivity contribution < 1.29 is 14.3 Å². The van der Waals surface area contributed by atoms with E-state index < -0.39 is 0 Å². The van der Waals surface area contributed by atoms with Gasteiger partial charge in [0.15, 0.2) is 0 Å². The van der Waals surface area contributed by atoms with E-state index >= 15 is 0 Å². The van der Waals surface area contributed by atoms with Gasteiger partial charge in [0.05, 0.1) is 7.11 Å². The summed E-state index contributed by atoms with van der Waals surface area (Å²) >= 11 is 0. The number of benzene rings is 2. The fraction of sp³-hybridized carbons (Fsp3) is 0.300. The first kappa shape index (κ1) is 17.0. The molecule has 0 aromatic heterocycles. The van der Waals surface area contributed by atoms with Crippen LogP contribution >= 0.6 is 0 Å². The number of ether oxygens (including phenoxy) is 1. The molecule has 130 valence electrons. The van der Waals surface area contributed by atoms with E-state index in [9.17, 15) is 9.59 Å². The molecule has 0 spiro atoms. The van der Waals surface area contributed by atoms with E-state index in [0.29, 0.717) is 13.0 Å². The fourth-order valence-corrected chi connectivity index (χ4v) is 3.25. The minimum absolute atomic E-state index is 0.0545. The van der Waals surface area contributed by atoms with E-state index in [1.54, 1.807) is 12.0 Å². The quantitative estimate of drug-likeness (QED) is 0.930. The molecule has 25 heavy (non-hydrogen) atoms. The van der Waals surface area contributed by atoms with Gasteiger partial charge < -0.3 is 15.0 Å². The Balaban J connectivity index is 1.83. The minimum Gasteiger partial charge on any atom is -0.497 e. The highest BCUT2D eigenvalue weighted by Gasteiger charge is 2.32. The van der Waals surface area contributed by atoms with E-state index in [1.165, 1.54) is 6.92 Å². The Morgan fingerprint density at radius 2 is 1.84 bits per heavy atom. The molecular weight excluding hydrogens is 316 g/mol. The topological polar surface area (TPSA) is 58.6 Å². The van der Waals surface area contributed by atoms with Gasteiger partial charge >= 0.3 is 0 Å². The average Bonchev–Trinajstić information content (AvgIpc) is 3.12. The van der Waals surface area contributed by atoms with Crippen LogP contribution in [0.4, 0.5) is 5.69 Å². The van der Waals surface area contributed by atoms with E-state index in [1.807, 2.05) is 48.5 Å². The highest BCUT2D eigenvalue weighted by Crippen LogP contribution is 2.30. The molecule has 5 nitrogen and oxygen atoms in total. The molecule has 0 aliphatic carbocycles. The number of amides is 2. The molecule has 0 saturated carbocycles. The second kappa shape index (κ2) is 7.38. The molecule has 3 rings (SSSR count). The summed E-state index contributed by atoms with van der Waals surface area (Å²) < 4.78 is 5.19. The van der Waals surface area contributed by atoms with Crippen molar-refractivity contribution in [2.75, 3.05) is 19.0 Å². The van der Waals surface area contributed by atoms with Crippen molar-refractivity contribution in [3.05, 3.63) is 48.5 Å². The smallest absolute Gasteiger partial charge is 0.247 e. The number of hydrogen-bond donors (Lipinski definition) is 1. The first-order valence-corrected chi connectivity index (χ1v) is 8.41. The van der Waals surface area contributed by atoms with Gasteiger partial charge in [-0.15, -0.1) is 0 Å². The van der Waals surface area contributed by atoms with Crippen molar-refractivity contribution in [3.63, 3.8) is 0 Å². The summed E-state index contributed by atoms with van der Waals surface area (Å²) in [4.78, 5) is 26.0. The Hall–Kier alpha value is -2.82. The minimum atomic E-state index is -0.388. The number of hydrogen-bond acceptors (Lipinski definition) is 3. The molecule has 1 saturated heterocycles. The van der Waals surface area contributed by atoms with Gasteiger partial charge in [-0.2, -0.15) is 0 Å². The summed E-state index contributed by atoms with van der Waals surface area (Å²) in [5.41, 5.74) is 2.67. The highest BCUT2D eigenvalue weighted by molar-refractivity contribution is 6.00. The summed E-state index contributed by atoms with van der Waals surface area (Å²) in [5.74, 6) is 0.600. The first-order chi connectivity index (χ1) is 12.1. The molecular formula is C20H22N2O3. The molecule has 2 amide bonds. The van der Waals surface area contributed by atoms with E-state index in [4.69, 9.17) is 4.74 Å². The number of rotatable bonds is 4. The van der Waals surface area contributed by atoms with E-state index in [-0.39, 0.29) is 17.9 Å². The zero-order chi connectivity index (χ0) is 17.8. The van der Waals surface area contributed by atoms with Crippen LogP contribution in [0, 0.1) is 0 Å². The van der Waals surface area contributed by atoms with Gasteiger partial charge in [-0.05, 0) is 36.6 Å². The van der Waals surface area contributed by atoms with Gasteiger partial charge in [-0.1, -0.05) is 30.3 Å². The molecule has 1 heterocycles. The van der Waals surface area contributed by atoms with Crippen molar-refractivity contribution in [1.82, 2.24) is 4.90 Å². The third-order valence-corrected chi connectivity index (χ3v) is 4.55. The first-order valence-electron chi connectivity index (χ1n) is 8.41. The van der Waals surface area contributed by atoms with Crippen LogP contribution in [0.1, 0.15) is 19.8 Å². The van der Waals surface area contributed by atoms with Crippen LogP contribution in [-0.2, 0) is 9.59 Å². The van der Waals surface area contributed by atoms with Crippen molar-refractivity contribution >= 4 is 17.5 Å². The molecule has 1 fully saturated rings. The molecule has 5 heteroatoms. The Labute approximate surface area is 147 Å². The predicted molar refractivity (Wildman–Crippen MR) is 97.5 cm³/mol. The maximum atomic E-state index is 12.7. The lowest BCUT2D eigenvalue weighted by Gasteiger charge is -2.23. The van der Waals surface area contributed by atoms with Gasteiger partial charge in [0.1, 0.15) is 11.8 Å². The molecule has 2 aromatic rings. The molecule has 0 radical (unpaired) electrons. The number of carbonyl (C=O) groups is 2. The average molecular weight is 338 g/mol. The summed E-state index contributed by atoms with van der Waals surface area (Å²) in [6.45, 7) is 2.16. The Morgan fingerprint density at radius 1 is 1.12 bits per heavy atom. The highest BCUT2D eigenvalue weighted by atomic mass is 16.5. The predicted octanol–water partition coefficient (Wildman–Crippen LogP) is 3.31. The molecule has 1 N–H and O–H groups in total. The van der Waals surface area contributed by atoms with Crippen molar-refractivity contribution in [2.24, 2.45) is 0 Å². The van der Waals surface area contributed by atoms with Crippen molar-refractivity contribution in [1.29, 1.82) is 0 Å². The number of anilines is 1. The molecule has 0 unspecified atom stereocenters.